The number of alkyl halides is 2. The number of hydrogen-bond acceptors (Lipinski definition) is 2. The van der Waals surface area contributed by atoms with Gasteiger partial charge in [-0.05, 0) is 11.8 Å². The average molecular weight is 236 g/mol. The van der Waals surface area contributed by atoms with Crippen LogP contribution in [0.4, 0.5) is 0 Å². The van der Waals surface area contributed by atoms with E-state index in [9.17, 15) is 4.79 Å². The van der Waals surface area contributed by atoms with Crippen LogP contribution in [0.15, 0.2) is 0 Å². The Balaban J connectivity index is 2.86. The largest absolute Gasteiger partial charge is 0.480 e. The number of rotatable bonds is 3. The number of carbonyl (C=O) groups is 1. The van der Waals surface area contributed by atoms with Crippen LogP contribution in [-0.2, 0) is 4.79 Å². The second kappa shape index (κ2) is 3.29. The van der Waals surface area contributed by atoms with Crippen molar-refractivity contribution in [2.24, 2.45) is 17.3 Å². The Morgan fingerprint density at radius 1 is 1.71 bits per heavy atom. The first kappa shape index (κ1) is 11.6. The summed E-state index contributed by atoms with van der Waals surface area (Å²) in [6.07, 6.45) is 0.550. The number of carboxylic acid groups (broad SMARTS) is 1. The van der Waals surface area contributed by atoms with E-state index in [0.717, 1.165) is 0 Å². The van der Waals surface area contributed by atoms with E-state index in [2.05, 4.69) is 0 Å². The van der Waals surface area contributed by atoms with Crippen molar-refractivity contribution in [3.8, 4) is 6.07 Å². The summed E-state index contributed by atoms with van der Waals surface area (Å²) in [5.41, 5.74) is -0.690. The van der Waals surface area contributed by atoms with E-state index in [-0.39, 0.29) is 5.92 Å². The van der Waals surface area contributed by atoms with Crippen LogP contribution in [0.2, 0.25) is 0 Å². The lowest BCUT2D eigenvalue weighted by molar-refractivity contribution is -0.143. The molecule has 0 aromatic heterocycles. The van der Waals surface area contributed by atoms with Crippen LogP contribution in [0.3, 0.4) is 0 Å². The maximum absolute atomic E-state index is 10.8. The zero-order chi connectivity index (χ0) is 11.1. The first-order valence-corrected chi connectivity index (χ1v) is 4.99. The minimum Gasteiger partial charge on any atom is -0.480 e. The molecular formula is C9H11Cl2NO2. The molecule has 0 saturated heterocycles. The molecule has 1 aliphatic carbocycles. The lowest BCUT2D eigenvalue weighted by Crippen LogP contribution is -2.33. The number of nitriles is 1. The van der Waals surface area contributed by atoms with Gasteiger partial charge in [-0.15, -0.1) is 23.2 Å². The van der Waals surface area contributed by atoms with Crippen molar-refractivity contribution in [3.63, 3.8) is 0 Å². The monoisotopic (exact) mass is 235 g/mol. The summed E-state index contributed by atoms with van der Waals surface area (Å²) in [6.45, 7) is 3.43. The van der Waals surface area contributed by atoms with Gasteiger partial charge in [0.25, 0.3) is 0 Å². The fraction of sp³-hybridized carbons (Fsp3) is 0.778. The molecule has 0 aromatic carbocycles. The summed E-state index contributed by atoms with van der Waals surface area (Å²) in [7, 11) is 0. The van der Waals surface area contributed by atoms with Crippen LogP contribution in [-0.4, -0.2) is 15.4 Å². The standard InChI is InChI=1S/C9H11Cl2NO2/c1-8(2,5(4-12)7(13)14)6-3-9(6,10)11/h5-6H,3H2,1-2H3,(H,13,14). The molecule has 2 unspecified atom stereocenters. The minimum absolute atomic E-state index is 0.126. The third-order valence-corrected chi connectivity index (χ3v) is 3.68. The fourth-order valence-corrected chi connectivity index (χ4v) is 2.63. The van der Waals surface area contributed by atoms with E-state index in [1.165, 1.54) is 0 Å². The van der Waals surface area contributed by atoms with Crippen molar-refractivity contribution in [1.82, 2.24) is 0 Å². The predicted octanol–water partition coefficient (Wildman–Crippen LogP) is 2.43. The third kappa shape index (κ3) is 1.82. The second-order valence-electron chi connectivity index (χ2n) is 4.24. The number of carboxylic acids is 1. The maximum atomic E-state index is 10.8. The van der Waals surface area contributed by atoms with E-state index < -0.39 is 21.6 Å². The average Bonchev–Trinajstić information content (AvgIpc) is 2.60. The highest BCUT2D eigenvalue weighted by atomic mass is 35.5. The van der Waals surface area contributed by atoms with Crippen LogP contribution in [0.1, 0.15) is 20.3 Å². The molecule has 78 valence electrons. The van der Waals surface area contributed by atoms with Crippen molar-refractivity contribution in [2.75, 3.05) is 0 Å². The summed E-state index contributed by atoms with van der Waals surface area (Å²) >= 11 is 11.7. The highest BCUT2D eigenvalue weighted by molar-refractivity contribution is 6.50. The lowest BCUT2D eigenvalue weighted by Gasteiger charge is -2.27. The molecule has 0 spiro atoms. The molecule has 0 heterocycles. The first-order valence-electron chi connectivity index (χ1n) is 4.23. The van der Waals surface area contributed by atoms with Gasteiger partial charge in [-0.2, -0.15) is 5.26 Å². The van der Waals surface area contributed by atoms with E-state index in [1.54, 1.807) is 19.9 Å². The summed E-state index contributed by atoms with van der Waals surface area (Å²) in [5, 5.41) is 17.6. The highest BCUT2D eigenvalue weighted by Gasteiger charge is 2.62. The highest BCUT2D eigenvalue weighted by Crippen LogP contribution is 2.63. The molecule has 14 heavy (non-hydrogen) atoms. The van der Waals surface area contributed by atoms with Gasteiger partial charge < -0.3 is 5.11 Å². The number of nitrogens with zero attached hydrogens (tertiary/aromatic N) is 1. The van der Waals surface area contributed by atoms with Crippen LogP contribution in [0.25, 0.3) is 0 Å². The van der Waals surface area contributed by atoms with Gasteiger partial charge >= 0.3 is 5.97 Å². The molecule has 1 N–H and O–H groups in total. The molecular weight excluding hydrogens is 225 g/mol. The summed E-state index contributed by atoms with van der Waals surface area (Å²) in [4.78, 5) is 10.8. The fourth-order valence-electron chi connectivity index (χ4n) is 1.76. The minimum atomic E-state index is -1.12. The van der Waals surface area contributed by atoms with E-state index >= 15 is 0 Å². The van der Waals surface area contributed by atoms with Crippen molar-refractivity contribution in [2.45, 2.75) is 24.6 Å². The van der Waals surface area contributed by atoms with Gasteiger partial charge in [0.2, 0.25) is 0 Å². The Labute approximate surface area is 92.6 Å². The molecule has 1 aliphatic rings. The van der Waals surface area contributed by atoms with E-state index in [0.29, 0.717) is 6.42 Å². The topological polar surface area (TPSA) is 61.1 Å². The van der Waals surface area contributed by atoms with Crippen LogP contribution < -0.4 is 0 Å². The van der Waals surface area contributed by atoms with Crippen molar-refractivity contribution in [1.29, 1.82) is 5.26 Å². The molecule has 2 atom stereocenters. The van der Waals surface area contributed by atoms with E-state index in [4.69, 9.17) is 33.6 Å². The molecule has 0 aliphatic heterocycles. The maximum Gasteiger partial charge on any atom is 0.321 e. The van der Waals surface area contributed by atoms with Gasteiger partial charge in [0, 0.05) is 5.92 Å². The van der Waals surface area contributed by atoms with Crippen LogP contribution >= 0.6 is 23.2 Å². The Hall–Kier alpha value is -0.460. The zero-order valence-corrected chi connectivity index (χ0v) is 9.43. The predicted molar refractivity (Wildman–Crippen MR) is 53.1 cm³/mol. The van der Waals surface area contributed by atoms with Crippen LogP contribution in [0.5, 0.6) is 0 Å². The van der Waals surface area contributed by atoms with E-state index in [1.807, 2.05) is 0 Å². The molecule has 0 aromatic rings. The molecule has 0 bridgehead atoms. The number of halogens is 2. The summed E-state index contributed by atoms with van der Waals surface area (Å²) < 4.78 is -0.853. The van der Waals surface area contributed by atoms with Gasteiger partial charge in [-0.1, -0.05) is 13.8 Å². The molecule has 1 saturated carbocycles. The Kier molecular flexibility index (Phi) is 2.73. The van der Waals surface area contributed by atoms with Gasteiger partial charge in [0.05, 0.1) is 6.07 Å². The van der Waals surface area contributed by atoms with Crippen molar-refractivity contribution >= 4 is 29.2 Å². The lowest BCUT2D eigenvalue weighted by atomic mass is 9.75. The third-order valence-electron chi connectivity index (χ3n) is 2.84. The van der Waals surface area contributed by atoms with Gasteiger partial charge in [0.15, 0.2) is 0 Å². The smallest absolute Gasteiger partial charge is 0.321 e. The van der Waals surface area contributed by atoms with Gasteiger partial charge in [0.1, 0.15) is 10.3 Å². The molecule has 0 radical (unpaired) electrons. The second-order valence-corrected chi connectivity index (χ2v) is 5.78. The number of aliphatic carboxylic acids is 1. The van der Waals surface area contributed by atoms with Crippen molar-refractivity contribution in [3.05, 3.63) is 0 Å². The molecule has 3 nitrogen and oxygen atoms in total. The summed E-state index contributed by atoms with van der Waals surface area (Å²) in [5.74, 6) is -2.31. The normalized spacial score (nSPS) is 26.4. The van der Waals surface area contributed by atoms with Gasteiger partial charge in [-0.3, -0.25) is 4.79 Å². The molecule has 5 heteroatoms. The molecule has 1 rings (SSSR count). The van der Waals surface area contributed by atoms with Crippen molar-refractivity contribution < 1.29 is 9.90 Å². The Morgan fingerprint density at radius 3 is 2.36 bits per heavy atom. The Morgan fingerprint density at radius 2 is 2.14 bits per heavy atom. The number of hydrogen-bond donors (Lipinski definition) is 1. The first-order chi connectivity index (χ1) is 6.23. The zero-order valence-electron chi connectivity index (χ0n) is 7.92. The quantitative estimate of drug-likeness (QED) is 0.765. The van der Waals surface area contributed by atoms with Gasteiger partial charge in [-0.25, -0.2) is 0 Å². The SMILES string of the molecule is CC(C)(C(C#N)C(=O)O)C1CC1(Cl)Cl. The van der Waals surface area contributed by atoms with Crippen LogP contribution in [0, 0.1) is 28.6 Å². The summed E-state index contributed by atoms with van der Waals surface area (Å²) in [6, 6.07) is 1.78. The Bertz CT molecular complexity index is 306. The molecule has 0 amide bonds. The molecule has 1 fully saturated rings.